The van der Waals surface area contributed by atoms with Gasteiger partial charge in [0.15, 0.2) is 11.6 Å². The van der Waals surface area contributed by atoms with Crippen LogP contribution in [0.4, 0.5) is 0 Å². The lowest BCUT2D eigenvalue weighted by Gasteiger charge is -2.32. The number of likely N-dealkylation sites (tertiary alicyclic amines) is 1. The molecule has 4 rings (SSSR count). The molecule has 1 unspecified atom stereocenters. The highest BCUT2D eigenvalue weighted by Gasteiger charge is 2.32. The van der Waals surface area contributed by atoms with Crippen LogP contribution >= 0.6 is 23.1 Å². The third-order valence-corrected chi connectivity index (χ3v) is 7.62. The highest BCUT2D eigenvalue weighted by molar-refractivity contribution is 7.98. The van der Waals surface area contributed by atoms with Crippen LogP contribution in [0.25, 0.3) is 10.2 Å². The van der Waals surface area contributed by atoms with Crippen LogP contribution in [0.15, 0.2) is 53.4 Å². The van der Waals surface area contributed by atoms with Crippen molar-refractivity contribution in [1.82, 2.24) is 9.88 Å². The Balaban J connectivity index is 1.43. The molecule has 1 saturated heterocycles. The van der Waals surface area contributed by atoms with Gasteiger partial charge in [0.05, 0.1) is 16.8 Å². The average molecular weight is 427 g/mol. The molecule has 1 fully saturated rings. The van der Waals surface area contributed by atoms with E-state index in [1.54, 1.807) is 23.1 Å². The van der Waals surface area contributed by atoms with Gasteiger partial charge in [-0.15, -0.1) is 23.1 Å². The number of nitrogens with one attached hydrogen (secondary N) is 1. The van der Waals surface area contributed by atoms with Crippen molar-refractivity contribution in [1.29, 1.82) is 0 Å². The van der Waals surface area contributed by atoms with Crippen molar-refractivity contribution in [2.75, 3.05) is 26.4 Å². The van der Waals surface area contributed by atoms with Crippen LogP contribution in [0.3, 0.4) is 0 Å². The van der Waals surface area contributed by atoms with E-state index in [9.17, 15) is 4.79 Å². The molecule has 29 heavy (non-hydrogen) atoms. The molecule has 1 aliphatic rings. The van der Waals surface area contributed by atoms with Gasteiger partial charge in [-0.3, -0.25) is 4.79 Å². The molecule has 2 heterocycles. The molecule has 0 bridgehead atoms. The summed E-state index contributed by atoms with van der Waals surface area (Å²) in [4.78, 5) is 22.3. The van der Waals surface area contributed by atoms with E-state index in [-0.39, 0.29) is 5.91 Å². The van der Waals surface area contributed by atoms with Crippen molar-refractivity contribution in [3.63, 3.8) is 0 Å². The summed E-state index contributed by atoms with van der Waals surface area (Å²) in [6, 6.07) is 17.1. The number of thiazole rings is 1. The quantitative estimate of drug-likeness (QED) is 0.610. The molecule has 3 aromatic rings. The van der Waals surface area contributed by atoms with Gasteiger partial charge in [-0.1, -0.05) is 24.3 Å². The smallest absolute Gasteiger partial charge is 0.277 e. The number of carbonyl (C=O) groups is 1. The number of piperidine rings is 1. The summed E-state index contributed by atoms with van der Waals surface area (Å²) < 4.78 is 1.24. The van der Waals surface area contributed by atoms with Crippen LogP contribution in [-0.2, 0) is 11.3 Å². The van der Waals surface area contributed by atoms with E-state index in [0.717, 1.165) is 18.5 Å². The summed E-state index contributed by atoms with van der Waals surface area (Å²) in [7, 11) is 1.92. The number of benzene rings is 2. The van der Waals surface area contributed by atoms with Gasteiger partial charge in [0, 0.05) is 24.9 Å². The number of quaternary nitrogens is 1. The number of hydrogen-bond acceptors (Lipinski definition) is 4. The van der Waals surface area contributed by atoms with Gasteiger partial charge in [-0.2, -0.15) is 0 Å². The highest BCUT2D eigenvalue weighted by atomic mass is 32.2. The molecule has 1 aliphatic heterocycles. The summed E-state index contributed by atoms with van der Waals surface area (Å²) >= 11 is 3.53. The zero-order valence-electron chi connectivity index (χ0n) is 17.1. The summed E-state index contributed by atoms with van der Waals surface area (Å²) in [5.41, 5.74) is 2.25. The Kier molecular flexibility index (Phi) is 6.53. The van der Waals surface area contributed by atoms with Gasteiger partial charge in [-0.25, -0.2) is 4.98 Å². The lowest BCUT2D eigenvalue weighted by atomic mass is 10.0. The first-order chi connectivity index (χ1) is 14.1. The minimum absolute atomic E-state index is 0.210. The summed E-state index contributed by atoms with van der Waals surface area (Å²) in [6.45, 7) is 2.25. The second-order valence-electron chi connectivity index (χ2n) is 7.75. The van der Waals surface area contributed by atoms with E-state index < -0.39 is 0 Å². The summed E-state index contributed by atoms with van der Waals surface area (Å²) in [5.74, 6) is 0.210. The topological polar surface area (TPSA) is 37.6 Å². The Bertz CT molecular complexity index is 937. The molecule has 2 atom stereocenters. The maximum atomic E-state index is 13.0. The normalized spacial score (nSPS) is 19.4. The fourth-order valence-corrected chi connectivity index (χ4v) is 5.62. The van der Waals surface area contributed by atoms with Crippen molar-refractivity contribution in [2.45, 2.75) is 36.7 Å². The average Bonchev–Trinajstić information content (AvgIpc) is 3.18. The van der Waals surface area contributed by atoms with E-state index in [1.807, 2.05) is 18.0 Å². The Morgan fingerprint density at radius 1 is 1.21 bits per heavy atom. The van der Waals surface area contributed by atoms with E-state index in [0.29, 0.717) is 19.1 Å². The van der Waals surface area contributed by atoms with Gasteiger partial charge in [0.1, 0.15) is 6.04 Å². The van der Waals surface area contributed by atoms with Gasteiger partial charge in [0.2, 0.25) is 0 Å². The molecule has 0 radical (unpaired) electrons. The monoisotopic (exact) mass is 426 g/mol. The van der Waals surface area contributed by atoms with Crippen LogP contribution in [-0.4, -0.2) is 42.2 Å². The van der Waals surface area contributed by atoms with E-state index in [2.05, 4.69) is 48.7 Å². The minimum atomic E-state index is 0.210. The molecule has 6 heteroatoms. The predicted octanol–water partition coefficient (Wildman–Crippen LogP) is 3.79. The number of thioether (sulfide) groups is 1. The summed E-state index contributed by atoms with van der Waals surface area (Å²) in [6.07, 6.45) is 5.59. The third kappa shape index (κ3) is 4.82. The zero-order valence-corrected chi connectivity index (χ0v) is 18.7. The van der Waals surface area contributed by atoms with Gasteiger partial charge >= 0.3 is 0 Å². The Morgan fingerprint density at radius 2 is 2.00 bits per heavy atom. The van der Waals surface area contributed by atoms with Crippen LogP contribution < -0.4 is 4.90 Å². The maximum Gasteiger partial charge on any atom is 0.277 e. The molecule has 2 aromatic carbocycles. The predicted molar refractivity (Wildman–Crippen MR) is 122 cm³/mol. The highest BCUT2D eigenvalue weighted by Crippen LogP contribution is 2.28. The molecular weight excluding hydrogens is 398 g/mol. The molecule has 0 aliphatic carbocycles. The first-order valence-electron chi connectivity index (χ1n) is 10.2. The van der Waals surface area contributed by atoms with Gasteiger partial charge < -0.3 is 9.80 Å². The lowest BCUT2D eigenvalue weighted by Crippen LogP contribution is -3.14. The lowest BCUT2D eigenvalue weighted by molar-refractivity contribution is -0.929. The Labute approximate surface area is 180 Å². The number of amides is 1. The molecule has 1 amide bonds. The molecule has 0 spiro atoms. The van der Waals surface area contributed by atoms with Crippen molar-refractivity contribution >= 4 is 39.2 Å². The maximum absolute atomic E-state index is 13.0. The number of para-hydroxylation sites is 1. The number of rotatable bonds is 6. The fraction of sp³-hybridized carbons (Fsp3) is 0.391. The molecule has 4 nitrogen and oxygen atoms in total. The van der Waals surface area contributed by atoms with Gasteiger partial charge in [-0.05, 0) is 48.9 Å². The molecule has 0 saturated carbocycles. The molecule has 1 N–H and O–H groups in total. The standard InChI is InChI=1S/C23H27N3OS2/c1-25(15-17-10-12-18(28-2)13-11-17)22(27)16-26-14-6-5-8-20(26)23-24-19-7-3-4-9-21(19)29-23/h3-4,7,9-13,20H,5-6,8,14-16H2,1-2H3/p+1/t20-/m0/s1. The number of carbonyl (C=O) groups excluding carboxylic acids is 1. The second-order valence-corrected chi connectivity index (χ2v) is 9.69. The van der Waals surface area contributed by atoms with E-state index in [4.69, 9.17) is 4.98 Å². The minimum Gasteiger partial charge on any atom is -0.337 e. The number of likely N-dealkylation sites (N-methyl/N-ethyl adjacent to an activating group) is 1. The van der Waals surface area contributed by atoms with E-state index in [1.165, 1.54) is 37.9 Å². The molecule has 152 valence electrons. The summed E-state index contributed by atoms with van der Waals surface area (Å²) in [5, 5.41) is 1.18. The number of hydrogen-bond donors (Lipinski definition) is 1. The van der Waals surface area contributed by atoms with Crippen molar-refractivity contribution in [3.8, 4) is 0 Å². The molecular formula is C23H28N3OS2+. The Hall–Kier alpha value is -1.89. The number of nitrogens with zero attached hydrogens (tertiary/aromatic N) is 2. The SMILES string of the molecule is CSc1ccc(CN(C)C(=O)C[NH+]2CCCC[C@H]2c2nc3ccccc3s2)cc1. The largest absolute Gasteiger partial charge is 0.337 e. The van der Waals surface area contributed by atoms with Crippen LogP contribution in [0.5, 0.6) is 0 Å². The van der Waals surface area contributed by atoms with Crippen molar-refractivity contribution in [2.24, 2.45) is 0 Å². The molecule has 1 aromatic heterocycles. The van der Waals surface area contributed by atoms with E-state index >= 15 is 0 Å². The number of fused-ring (bicyclic) bond motifs is 1. The van der Waals surface area contributed by atoms with Crippen LogP contribution in [0.2, 0.25) is 0 Å². The van der Waals surface area contributed by atoms with Crippen molar-refractivity contribution < 1.29 is 9.69 Å². The van der Waals surface area contributed by atoms with Crippen molar-refractivity contribution in [3.05, 3.63) is 59.1 Å². The van der Waals surface area contributed by atoms with Gasteiger partial charge in [0.25, 0.3) is 5.91 Å². The third-order valence-electron chi connectivity index (χ3n) is 5.72. The van der Waals surface area contributed by atoms with Crippen LogP contribution in [0.1, 0.15) is 35.9 Å². The second kappa shape index (κ2) is 9.28. The fourth-order valence-electron chi connectivity index (χ4n) is 4.05. The van der Waals surface area contributed by atoms with Crippen LogP contribution in [0, 0.1) is 0 Å². The Morgan fingerprint density at radius 3 is 2.76 bits per heavy atom. The zero-order chi connectivity index (χ0) is 20.2. The number of aromatic nitrogens is 1. The first kappa shape index (κ1) is 20.4. The first-order valence-corrected chi connectivity index (χ1v) is 12.2.